The minimum atomic E-state index is -0.155. The number of aliphatic imine (C=N–C) groups is 1. The van der Waals surface area contributed by atoms with Gasteiger partial charge in [0.2, 0.25) is 0 Å². The highest BCUT2D eigenvalue weighted by Crippen LogP contribution is 2.34. The van der Waals surface area contributed by atoms with Crippen LogP contribution in [-0.4, -0.2) is 45.1 Å². The van der Waals surface area contributed by atoms with E-state index in [9.17, 15) is 4.79 Å². The van der Waals surface area contributed by atoms with Crippen molar-refractivity contribution in [1.29, 1.82) is 5.26 Å². The molecule has 0 saturated carbocycles. The highest BCUT2D eigenvalue weighted by atomic mass is 35.5. The van der Waals surface area contributed by atoms with Gasteiger partial charge in [-0.2, -0.15) is 5.26 Å². The molecule has 0 atom stereocenters. The quantitative estimate of drug-likeness (QED) is 0.637. The molecule has 29 heavy (non-hydrogen) atoms. The lowest BCUT2D eigenvalue weighted by atomic mass is 10.1. The number of carbonyl (C=O) groups is 1. The van der Waals surface area contributed by atoms with Gasteiger partial charge in [-0.15, -0.1) is 0 Å². The predicted molar refractivity (Wildman–Crippen MR) is 113 cm³/mol. The van der Waals surface area contributed by atoms with Gasteiger partial charge in [-0.1, -0.05) is 11.6 Å². The summed E-state index contributed by atoms with van der Waals surface area (Å²) < 4.78 is 0. The van der Waals surface area contributed by atoms with Crippen molar-refractivity contribution in [2.45, 2.75) is 19.3 Å². The standard InChI is InChI=1S/C21H19ClN6O/c22-17-12-27-20-16(4-7-25-20)19(17)15-9-18(26-11-15)21(29)28(8-2-5-23)13-14-3-1-6-24-10-14/h4,6-7,9-12,26H,1-3,8,13H2,(H,25,27). The lowest BCUT2D eigenvalue weighted by Gasteiger charge is -2.23. The van der Waals surface area contributed by atoms with Gasteiger partial charge >= 0.3 is 0 Å². The number of nitrogens with zero attached hydrogens (tertiary/aromatic N) is 4. The van der Waals surface area contributed by atoms with Crippen LogP contribution in [0.4, 0.5) is 0 Å². The fraction of sp³-hybridized carbons (Fsp3) is 0.238. The maximum atomic E-state index is 13.1. The van der Waals surface area contributed by atoms with Crippen LogP contribution in [-0.2, 0) is 0 Å². The maximum absolute atomic E-state index is 13.1. The van der Waals surface area contributed by atoms with Crippen LogP contribution >= 0.6 is 11.6 Å². The van der Waals surface area contributed by atoms with Gasteiger partial charge < -0.3 is 14.9 Å². The number of carbonyl (C=O) groups excluding carboxylic acids is 1. The zero-order valence-corrected chi connectivity index (χ0v) is 16.4. The predicted octanol–water partition coefficient (Wildman–Crippen LogP) is 4.32. The maximum Gasteiger partial charge on any atom is 0.270 e. The number of rotatable bonds is 6. The Morgan fingerprint density at radius 1 is 1.38 bits per heavy atom. The Balaban J connectivity index is 1.62. The second-order valence-electron chi connectivity index (χ2n) is 6.82. The van der Waals surface area contributed by atoms with Gasteiger partial charge in [0.1, 0.15) is 11.3 Å². The topological polar surface area (TPSA) is 101 Å². The molecule has 4 heterocycles. The van der Waals surface area contributed by atoms with Crippen molar-refractivity contribution in [2.75, 3.05) is 13.1 Å². The molecule has 1 aliphatic heterocycles. The summed E-state index contributed by atoms with van der Waals surface area (Å²) in [5.41, 5.74) is 3.90. The molecule has 1 amide bonds. The van der Waals surface area contributed by atoms with Crippen LogP contribution in [0.5, 0.6) is 0 Å². The normalized spacial score (nSPS) is 13.3. The largest absolute Gasteiger partial charge is 0.357 e. The van der Waals surface area contributed by atoms with E-state index in [1.54, 1.807) is 35.8 Å². The molecule has 2 N–H and O–H groups in total. The molecule has 0 aromatic carbocycles. The van der Waals surface area contributed by atoms with E-state index >= 15 is 0 Å². The third-order valence-electron chi connectivity index (χ3n) is 4.87. The second kappa shape index (κ2) is 8.33. The van der Waals surface area contributed by atoms with Crippen LogP contribution < -0.4 is 0 Å². The Kier molecular flexibility index (Phi) is 5.45. The van der Waals surface area contributed by atoms with Crippen LogP contribution in [0.3, 0.4) is 0 Å². The van der Waals surface area contributed by atoms with Crippen LogP contribution in [0.15, 0.2) is 47.5 Å². The van der Waals surface area contributed by atoms with Crippen molar-refractivity contribution in [3.05, 3.63) is 53.2 Å². The molecule has 0 bridgehead atoms. The average molecular weight is 407 g/mol. The Labute approximate surface area is 172 Å². The number of nitriles is 1. The third-order valence-corrected chi connectivity index (χ3v) is 5.16. The summed E-state index contributed by atoms with van der Waals surface area (Å²) >= 11 is 6.40. The average Bonchev–Trinajstić information content (AvgIpc) is 3.41. The summed E-state index contributed by atoms with van der Waals surface area (Å²) in [5, 5.41) is 10.4. The molecular weight excluding hydrogens is 388 g/mol. The number of fused-ring (bicyclic) bond motifs is 1. The van der Waals surface area contributed by atoms with Gasteiger partial charge in [0, 0.05) is 60.6 Å². The molecule has 4 rings (SSSR count). The summed E-state index contributed by atoms with van der Waals surface area (Å²) in [7, 11) is 0. The smallest absolute Gasteiger partial charge is 0.270 e. The van der Waals surface area contributed by atoms with E-state index in [2.05, 4.69) is 26.0 Å². The molecule has 8 heteroatoms. The zero-order chi connectivity index (χ0) is 20.2. The van der Waals surface area contributed by atoms with E-state index in [0.29, 0.717) is 23.8 Å². The van der Waals surface area contributed by atoms with Gasteiger partial charge in [-0.05, 0) is 30.5 Å². The molecule has 0 aliphatic carbocycles. The Morgan fingerprint density at radius 3 is 3.07 bits per heavy atom. The summed E-state index contributed by atoms with van der Waals surface area (Å²) in [4.78, 5) is 29.4. The minimum Gasteiger partial charge on any atom is -0.357 e. The van der Waals surface area contributed by atoms with E-state index in [-0.39, 0.29) is 12.3 Å². The van der Waals surface area contributed by atoms with Crippen molar-refractivity contribution in [1.82, 2.24) is 19.9 Å². The Morgan fingerprint density at radius 2 is 2.28 bits per heavy atom. The summed E-state index contributed by atoms with van der Waals surface area (Å²) in [6.07, 6.45) is 10.8. The lowest BCUT2D eigenvalue weighted by molar-refractivity contribution is 0.0767. The molecule has 0 saturated heterocycles. The van der Waals surface area contributed by atoms with Gasteiger partial charge in [-0.25, -0.2) is 4.98 Å². The molecule has 1 aliphatic rings. The molecule has 146 valence electrons. The van der Waals surface area contributed by atoms with Crippen molar-refractivity contribution >= 4 is 34.8 Å². The molecule has 3 aromatic rings. The number of pyridine rings is 1. The minimum absolute atomic E-state index is 0.155. The first kappa shape index (κ1) is 19.0. The first-order valence-electron chi connectivity index (χ1n) is 9.33. The van der Waals surface area contributed by atoms with E-state index in [1.807, 2.05) is 12.3 Å². The highest BCUT2D eigenvalue weighted by Gasteiger charge is 2.20. The number of hydrogen-bond acceptors (Lipinski definition) is 4. The van der Waals surface area contributed by atoms with Gasteiger partial charge in [-0.3, -0.25) is 9.79 Å². The molecular formula is C21H19ClN6O. The monoisotopic (exact) mass is 406 g/mol. The van der Waals surface area contributed by atoms with E-state index < -0.39 is 0 Å². The number of aromatic nitrogens is 3. The van der Waals surface area contributed by atoms with Crippen LogP contribution in [0.25, 0.3) is 22.2 Å². The fourth-order valence-electron chi connectivity index (χ4n) is 3.46. The molecule has 3 aromatic heterocycles. The van der Waals surface area contributed by atoms with Crippen LogP contribution in [0.1, 0.15) is 29.8 Å². The molecule has 7 nitrogen and oxygen atoms in total. The summed E-state index contributed by atoms with van der Waals surface area (Å²) in [6, 6.07) is 5.82. The van der Waals surface area contributed by atoms with Crippen LogP contribution in [0.2, 0.25) is 5.02 Å². The first-order valence-corrected chi connectivity index (χ1v) is 9.71. The SMILES string of the molecule is N#CCCN(CC1=CN=CCC1)C(=O)c1cc(-c2c(Cl)cnc3[nH]ccc23)c[nH]1. The summed E-state index contributed by atoms with van der Waals surface area (Å²) in [5.74, 6) is -0.155. The van der Waals surface area contributed by atoms with E-state index in [4.69, 9.17) is 16.9 Å². The Bertz CT molecular complexity index is 1150. The third kappa shape index (κ3) is 3.93. The summed E-state index contributed by atoms with van der Waals surface area (Å²) in [6.45, 7) is 0.826. The molecule has 0 spiro atoms. The van der Waals surface area contributed by atoms with Crippen molar-refractivity contribution in [2.24, 2.45) is 4.99 Å². The fourth-order valence-corrected chi connectivity index (χ4v) is 3.72. The molecule has 0 fully saturated rings. The van der Waals surface area contributed by atoms with Crippen molar-refractivity contribution in [3.63, 3.8) is 0 Å². The van der Waals surface area contributed by atoms with E-state index in [0.717, 1.165) is 40.6 Å². The van der Waals surface area contributed by atoms with Crippen molar-refractivity contribution < 1.29 is 4.79 Å². The lowest BCUT2D eigenvalue weighted by Crippen LogP contribution is -2.34. The van der Waals surface area contributed by atoms with E-state index in [1.165, 1.54) is 0 Å². The van der Waals surface area contributed by atoms with Gasteiger partial charge in [0.05, 0.1) is 17.5 Å². The van der Waals surface area contributed by atoms with Gasteiger partial charge in [0.15, 0.2) is 0 Å². The number of H-pyrrole nitrogens is 2. The zero-order valence-electron chi connectivity index (χ0n) is 15.7. The van der Waals surface area contributed by atoms with Crippen LogP contribution in [0, 0.1) is 11.3 Å². The molecule has 0 unspecified atom stereocenters. The number of hydrogen-bond donors (Lipinski definition) is 2. The van der Waals surface area contributed by atoms with Crippen molar-refractivity contribution in [3.8, 4) is 17.2 Å². The number of aromatic amines is 2. The molecule has 0 radical (unpaired) electrons. The highest BCUT2D eigenvalue weighted by molar-refractivity contribution is 6.34. The number of amides is 1. The number of halogens is 1. The Hall–Kier alpha value is -3.37. The number of nitrogens with one attached hydrogen (secondary N) is 2. The van der Waals surface area contributed by atoms with Gasteiger partial charge in [0.25, 0.3) is 5.91 Å². The first-order chi connectivity index (χ1) is 14.2. The second-order valence-corrected chi connectivity index (χ2v) is 7.22.